The number of nitro benzene ring substituents is 1. The molecule has 3 aromatic rings. The summed E-state index contributed by atoms with van der Waals surface area (Å²) in [7, 11) is 0. The van der Waals surface area contributed by atoms with E-state index in [2.05, 4.69) is 25.7 Å². The topological polar surface area (TPSA) is 92.5 Å². The van der Waals surface area contributed by atoms with E-state index in [0.29, 0.717) is 37.7 Å². The molecule has 1 aromatic carbocycles. The zero-order valence-electron chi connectivity index (χ0n) is 19.8. The molecule has 0 N–H and O–H groups in total. The van der Waals surface area contributed by atoms with Crippen molar-refractivity contribution in [3.63, 3.8) is 0 Å². The maximum absolute atomic E-state index is 13.0. The molecule has 0 radical (unpaired) electrons. The predicted octanol–water partition coefficient (Wildman–Crippen LogP) is 4.81. The van der Waals surface area contributed by atoms with Gasteiger partial charge in [-0.25, -0.2) is 9.97 Å². The molecule has 1 atom stereocenters. The number of anilines is 1. The number of non-ortho nitro benzene ring substituents is 1. The summed E-state index contributed by atoms with van der Waals surface area (Å²) in [6.45, 7) is 9.14. The standard InChI is InChI=1S/C25H29N5O3S/c1-15(2)22-26-23(21-19-9-4-16(3)14-20(19)34-24(21)27-22)28-10-12-29(13-11-28)25(31)17-5-7-18(8-6-17)30(32)33/h5-8,15-16H,4,9-14H2,1-3H3/t16-/m0/s1. The van der Waals surface area contributed by atoms with Gasteiger partial charge in [0.15, 0.2) is 0 Å². The summed E-state index contributed by atoms with van der Waals surface area (Å²) in [6.07, 6.45) is 3.39. The van der Waals surface area contributed by atoms with Gasteiger partial charge in [0, 0.05) is 54.7 Å². The van der Waals surface area contributed by atoms with Crippen molar-refractivity contribution in [2.75, 3.05) is 31.1 Å². The Morgan fingerprint density at radius 1 is 1.15 bits per heavy atom. The number of aryl methyl sites for hydroxylation is 1. The van der Waals surface area contributed by atoms with Crippen LogP contribution in [0.1, 0.15) is 59.7 Å². The fourth-order valence-electron chi connectivity index (χ4n) is 4.86. The summed E-state index contributed by atoms with van der Waals surface area (Å²) in [6, 6.07) is 5.84. The Morgan fingerprint density at radius 2 is 1.85 bits per heavy atom. The first-order chi connectivity index (χ1) is 16.3. The third-order valence-corrected chi connectivity index (χ3v) is 8.01. The number of carbonyl (C=O) groups is 1. The van der Waals surface area contributed by atoms with Crippen LogP contribution in [0.3, 0.4) is 0 Å². The maximum atomic E-state index is 13.0. The highest BCUT2D eigenvalue weighted by Crippen LogP contribution is 2.41. The van der Waals surface area contributed by atoms with Gasteiger partial charge in [-0.1, -0.05) is 20.8 Å². The van der Waals surface area contributed by atoms with E-state index in [-0.39, 0.29) is 17.5 Å². The quantitative estimate of drug-likeness (QED) is 0.394. The lowest BCUT2D eigenvalue weighted by molar-refractivity contribution is -0.384. The molecule has 0 unspecified atom stereocenters. The molecule has 5 rings (SSSR count). The number of amides is 1. The van der Waals surface area contributed by atoms with Crippen molar-refractivity contribution in [2.45, 2.75) is 46.0 Å². The van der Waals surface area contributed by atoms with Gasteiger partial charge in [-0.2, -0.15) is 0 Å². The van der Waals surface area contributed by atoms with E-state index in [1.807, 2.05) is 16.2 Å². The molecule has 1 aliphatic heterocycles. The number of fused-ring (bicyclic) bond motifs is 3. The van der Waals surface area contributed by atoms with Crippen molar-refractivity contribution in [3.05, 3.63) is 56.2 Å². The molecule has 34 heavy (non-hydrogen) atoms. The second kappa shape index (κ2) is 8.94. The third-order valence-electron chi connectivity index (χ3n) is 6.86. The van der Waals surface area contributed by atoms with E-state index in [1.165, 1.54) is 46.5 Å². The lowest BCUT2D eigenvalue weighted by Gasteiger charge is -2.36. The second-order valence-corrected chi connectivity index (χ2v) is 10.8. The fraction of sp³-hybridized carbons (Fsp3) is 0.480. The van der Waals surface area contributed by atoms with E-state index in [0.717, 1.165) is 29.3 Å². The van der Waals surface area contributed by atoms with Crippen molar-refractivity contribution in [3.8, 4) is 0 Å². The van der Waals surface area contributed by atoms with Crippen LogP contribution in [0.15, 0.2) is 24.3 Å². The molecule has 0 saturated carbocycles. The Balaban J connectivity index is 1.40. The molecular formula is C25H29N5O3S. The van der Waals surface area contributed by atoms with Crippen LogP contribution >= 0.6 is 11.3 Å². The van der Waals surface area contributed by atoms with Gasteiger partial charge in [0.25, 0.3) is 11.6 Å². The Kier molecular flexibility index (Phi) is 5.97. The molecule has 8 nitrogen and oxygen atoms in total. The second-order valence-electron chi connectivity index (χ2n) is 9.68. The number of piperazine rings is 1. The molecule has 2 aromatic heterocycles. The molecule has 0 bridgehead atoms. The smallest absolute Gasteiger partial charge is 0.269 e. The number of nitro groups is 1. The summed E-state index contributed by atoms with van der Waals surface area (Å²) in [5, 5.41) is 12.1. The van der Waals surface area contributed by atoms with Crippen molar-refractivity contribution < 1.29 is 9.72 Å². The first-order valence-corrected chi connectivity index (χ1v) is 12.7. The first kappa shape index (κ1) is 22.7. The van der Waals surface area contributed by atoms with E-state index >= 15 is 0 Å². The average molecular weight is 480 g/mol. The largest absolute Gasteiger partial charge is 0.352 e. The van der Waals surface area contributed by atoms with Crippen LogP contribution in [0.4, 0.5) is 11.5 Å². The number of carbonyl (C=O) groups excluding carboxylic acids is 1. The number of aromatic nitrogens is 2. The summed E-state index contributed by atoms with van der Waals surface area (Å²) in [5.74, 6) is 2.75. The summed E-state index contributed by atoms with van der Waals surface area (Å²) in [4.78, 5) is 40.1. The van der Waals surface area contributed by atoms with Gasteiger partial charge in [-0.05, 0) is 42.9 Å². The number of rotatable bonds is 4. The average Bonchev–Trinajstić information content (AvgIpc) is 3.20. The van der Waals surface area contributed by atoms with Gasteiger partial charge in [-0.3, -0.25) is 14.9 Å². The van der Waals surface area contributed by atoms with Crippen LogP contribution in [0.5, 0.6) is 0 Å². The monoisotopic (exact) mass is 479 g/mol. The minimum atomic E-state index is -0.454. The van der Waals surface area contributed by atoms with Gasteiger partial charge in [-0.15, -0.1) is 11.3 Å². The van der Waals surface area contributed by atoms with Crippen LogP contribution < -0.4 is 4.90 Å². The normalized spacial score (nSPS) is 18.4. The highest BCUT2D eigenvalue weighted by Gasteiger charge is 2.29. The Labute approximate surface area is 202 Å². The van der Waals surface area contributed by atoms with Crippen LogP contribution in [0, 0.1) is 16.0 Å². The van der Waals surface area contributed by atoms with Gasteiger partial charge < -0.3 is 9.80 Å². The van der Waals surface area contributed by atoms with E-state index in [1.54, 1.807) is 0 Å². The molecule has 178 valence electrons. The predicted molar refractivity (Wildman–Crippen MR) is 134 cm³/mol. The SMILES string of the molecule is CC(C)c1nc(N2CCN(C(=O)c3ccc([N+](=O)[O-])cc3)CC2)c2c3c(sc2n1)C[C@@H](C)CC3. The summed E-state index contributed by atoms with van der Waals surface area (Å²) in [5.41, 5.74) is 1.89. The lowest BCUT2D eigenvalue weighted by Crippen LogP contribution is -2.49. The van der Waals surface area contributed by atoms with Crippen LogP contribution in [-0.2, 0) is 12.8 Å². The lowest BCUT2D eigenvalue weighted by atomic mass is 9.89. The zero-order chi connectivity index (χ0) is 24.0. The van der Waals surface area contributed by atoms with E-state index < -0.39 is 4.92 Å². The number of thiophene rings is 1. The van der Waals surface area contributed by atoms with Crippen molar-refractivity contribution in [1.29, 1.82) is 0 Å². The Hall–Kier alpha value is -3.07. The summed E-state index contributed by atoms with van der Waals surface area (Å²) < 4.78 is 0. The van der Waals surface area contributed by atoms with Crippen LogP contribution in [-0.4, -0.2) is 51.9 Å². The maximum Gasteiger partial charge on any atom is 0.269 e. The number of benzene rings is 1. The minimum absolute atomic E-state index is 0.0106. The highest BCUT2D eigenvalue weighted by molar-refractivity contribution is 7.19. The Morgan fingerprint density at radius 3 is 2.50 bits per heavy atom. The molecule has 0 spiro atoms. The van der Waals surface area contributed by atoms with Crippen molar-refractivity contribution in [2.24, 2.45) is 5.92 Å². The summed E-state index contributed by atoms with van der Waals surface area (Å²) >= 11 is 1.83. The van der Waals surface area contributed by atoms with Crippen LogP contribution in [0.2, 0.25) is 0 Å². The number of nitrogens with zero attached hydrogens (tertiary/aromatic N) is 5. The van der Waals surface area contributed by atoms with E-state index in [9.17, 15) is 14.9 Å². The first-order valence-electron chi connectivity index (χ1n) is 11.9. The number of hydrogen-bond donors (Lipinski definition) is 0. The van der Waals surface area contributed by atoms with Crippen LogP contribution in [0.25, 0.3) is 10.2 Å². The van der Waals surface area contributed by atoms with Crippen molar-refractivity contribution >= 4 is 39.0 Å². The number of hydrogen-bond acceptors (Lipinski definition) is 7. The fourth-order valence-corrected chi connectivity index (χ4v) is 6.24. The molecule has 9 heteroatoms. The van der Waals surface area contributed by atoms with Gasteiger partial charge >= 0.3 is 0 Å². The third kappa shape index (κ3) is 4.13. The molecule has 1 fully saturated rings. The zero-order valence-corrected chi connectivity index (χ0v) is 20.6. The molecule has 2 aliphatic rings. The highest BCUT2D eigenvalue weighted by atomic mass is 32.1. The Bertz CT molecular complexity index is 1250. The molecule has 3 heterocycles. The molecular weight excluding hydrogens is 450 g/mol. The van der Waals surface area contributed by atoms with Gasteiger partial charge in [0.2, 0.25) is 0 Å². The molecule has 1 saturated heterocycles. The van der Waals surface area contributed by atoms with Crippen molar-refractivity contribution in [1.82, 2.24) is 14.9 Å². The van der Waals surface area contributed by atoms with Gasteiger partial charge in [0.05, 0.1) is 10.3 Å². The molecule has 1 aliphatic carbocycles. The van der Waals surface area contributed by atoms with E-state index in [4.69, 9.17) is 9.97 Å². The minimum Gasteiger partial charge on any atom is -0.352 e. The van der Waals surface area contributed by atoms with Gasteiger partial charge in [0.1, 0.15) is 16.5 Å². The molecule has 1 amide bonds.